The molecule has 0 aromatic carbocycles. The monoisotopic (exact) mass is 182 g/mol. The second-order valence-electron chi connectivity index (χ2n) is 3.72. The molecule has 0 unspecified atom stereocenters. The number of nitrogens with zero attached hydrogens (tertiary/aromatic N) is 4. The minimum Gasteiger partial charge on any atom is -0.390 e. The Morgan fingerprint density at radius 1 is 1.54 bits per heavy atom. The number of aryl methyl sites for hydroxylation is 1. The molecule has 1 aromatic rings. The zero-order chi connectivity index (χ0) is 9.90. The van der Waals surface area contributed by atoms with E-state index in [1.54, 1.807) is 24.1 Å². The van der Waals surface area contributed by atoms with Crippen LogP contribution in [-0.2, 0) is 11.9 Å². The van der Waals surface area contributed by atoms with Gasteiger partial charge in [-0.3, -0.25) is 0 Å². The van der Waals surface area contributed by atoms with Gasteiger partial charge < -0.3 is 4.84 Å². The van der Waals surface area contributed by atoms with Crippen molar-refractivity contribution < 1.29 is 4.84 Å². The molecule has 13 heavy (non-hydrogen) atoms. The van der Waals surface area contributed by atoms with Crippen LogP contribution in [0.1, 0.15) is 26.5 Å². The first-order valence-electron chi connectivity index (χ1n) is 4.05. The summed E-state index contributed by atoms with van der Waals surface area (Å²) in [6.07, 6.45) is 3.21. The molecule has 0 bridgehead atoms. The average Bonchev–Trinajstić information content (AvgIpc) is 2.34. The first kappa shape index (κ1) is 9.70. The third-order valence-electron chi connectivity index (χ3n) is 1.26. The summed E-state index contributed by atoms with van der Waals surface area (Å²) >= 11 is 0. The number of hydrogen-bond donors (Lipinski definition) is 0. The van der Waals surface area contributed by atoms with Gasteiger partial charge in [-0.25, -0.2) is 4.68 Å². The number of rotatable bonds is 2. The molecule has 0 saturated carbocycles. The highest BCUT2D eigenvalue weighted by Gasteiger charge is 2.09. The molecule has 0 atom stereocenters. The zero-order valence-corrected chi connectivity index (χ0v) is 8.35. The van der Waals surface area contributed by atoms with E-state index in [9.17, 15) is 0 Å². The minimum atomic E-state index is -0.261. The van der Waals surface area contributed by atoms with Gasteiger partial charge in [-0.2, -0.15) is 0 Å². The van der Waals surface area contributed by atoms with Crippen LogP contribution in [-0.4, -0.2) is 26.8 Å². The van der Waals surface area contributed by atoms with Crippen LogP contribution in [0.4, 0.5) is 0 Å². The van der Waals surface area contributed by atoms with E-state index in [0.717, 1.165) is 5.69 Å². The summed E-state index contributed by atoms with van der Waals surface area (Å²) in [6.45, 7) is 5.81. The Morgan fingerprint density at radius 3 is 2.69 bits per heavy atom. The Morgan fingerprint density at radius 2 is 2.23 bits per heavy atom. The molecule has 0 radical (unpaired) electrons. The van der Waals surface area contributed by atoms with Crippen molar-refractivity contribution in [2.24, 2.45) is 12.2 Å². The molecule has 0 spiro atoms. The van der Waals surface area contributed by atoms with E-state index in [-0.39, 0.29) is 5.60 Å². The standard InChI is InChI=1S/C8H14N4O/c1-8(2,3)13-10-6-7-5-9-11-12(7)4/h5-6H,1-4H3/b10-6+. The lowest BCUT2D eigenvalue weighted by molar-refractivity contribution is 0.00193. The van der Waals surface area contributed by atoms with Gasteiger partial charge in [-0.15, -0.1) is 5.10 Å². The van der Waals surface area contributed by atoms with E-state index >= 15 is 0 Å². The molecule has 0 N–H and O–H groups in total. The molecule has 5 heteroatoms. The first-order chi connectivity index (χ1) is 5.99. The average molecular weight is 182 g/mol. The molecule has 1 aromatic heterocycles. The molecule has 5 nitrogen and oxygen atoms in total. The Kier molecular flexibility index (Phi) is 2.65. The lowest BCUT2D eigenvalue weighted by Gasteiger charge is -2.14. The van der Waals surface area contributed by atoms with Crippen LogP contribution < -0.4 is 0 Å². The van der Waals surface area contributed by atoms with Gasteiger partial charge >= 0.3 is 0 Å². The highest BCUT2D eigenvalue weighted by Crippen LogP contribution is 2.06. The Bertz CT molecular complexity index is 297. The van der Waals surface area contributed by atoms with Crippen LogP contribution in [0.5, 0.6) is 0 Å². The molecule has 0 amide bonds. The molecule has 0 fully saturated rings. The van der Waals surface area contributed by atoms with E-state index in [2.05, 4.69) is 15.5 Å². The molecule has 0 aliphatic heterocycles. The van der Waals surface area contributed by atoms with Crippen molar-refractivity contribution in [2.75, 3.05) is 0 Å². The normalized spacial score (nSPS) is 12.3. The maximum absolute atomic E-state index is 5.16. The number of hydrogen-bond acceptors (Lipinski definition) is 4. The third kappa shape index (κ3) is 3.23. The number of oxime groups is 1. The largest absolute Gasteiger partial charge is 0.390 e. The van der Waals surface area contributed by atoms with Crippen molar-refractivity contribution in [3.05, 3.63) is 11.9 Å². The second-order valence-corrected chi connectivity index (χ2v) is 3.72. The minimum absolute atomic E-state index is 0.261. The highest BCUT2D eigenvalue weighted by atomic mass is 16.6. The van der Waals surface area contributed by atoms with Crippen LogP contribution in [0.2, 0.25) is 0 Å². The molecule has 72 valence electrons. The smallest absolute Gasteiger partial charge is 0.129 e. The van der Waals surface area contributed by atoms with Crippen molar-refractivity contribution in [1.82, 2.24) is 15.0 Å². The summed E-state index contributed by atoms with van der Waals surface area (Å²) < 4.78 is 1.62. The number of aromatic nitrogens is 3. The maximum Gasteiger partial charge on any atom is 0.129 e. The van der Waals surface area contributed by atoms with E-state index in [1.807, 2.05) is 20.8 Å². The van der Waals surface area contributed by atoms with Gasteiger partial charge in [0.1, 0.15) is 11.3 Å². The van der Waals surface area contributed by atoms with E-state index in [0.29, 0.717) is 0 Å². The van der Waals surface area contributed by atoms with Crippen LogP contribution >= 0.6 is 0 Å². The summed E-state index contributed by atoms with van der Waals surface area (Å²) in [5, 5.41) is 11.3. The van der Waals surface area contributed by atoms with E-state index < -0.39 is 0 Å². The molecular weight excluding hydrogens is 168 g/mol. The Labute approximate surface area is 77.4 Å². The fraction of sp³-hybridized carbons (Fsp3) is 0.625. The topological polar surface area (TPSA) is 52.3 Å². The van der Waals surface area contributed by atoms with Crippen molar-refractivity contribution in [2.45, 2.75) is 26.4 Å². The molecule has 1 rings (SSSR count). The fourth-order valence-electron chi connectivity index (χ4n) is 0.653. The van der Waals surface area contributed by atoms with Gasteiger partial charge in [0.2, 0.25) is 0 Å². The van der Waals surface area contributed by atoms with Crippen molar-refractivity contribution in [3.8, 4) is 0 Å². The van der Waals surface area contributed by atoms with E-state index in [4.69, 9.17) is 4.84 Å². The molecular formula is C8H14N4O. The fourth-order valence-corrected chi connectivity index (χ4v) is 0.653. The lowest BCUT2D eigenvalue weighted by Crippen LogP contribution is -2.15. The summed E-state index contributed by atoms with van der Waals surface area (Å²) in [4.78, 5) is 5.16. The predicted molar refractivity (Wildman–Crippen MR) is 49.4 cm³/mol. The van der Waals surface area contributed by atoms with Gasteiger partial charge in [0.15, 0.2) is 0 Å². The molecule has 0 saturated heterocycles. The van der Waals surface area contributed by atoms with Gasteiger partial charge in [-0.05, 0) is 20.8 Å². The summed E-state index contributed by atoms with van der Waals surface area (Å²) in [7, 11) is 1.80. The first-order valence-corrected chi connectivity index (χ1v) is 4.05. The molecule has 0 aliphatic carbocycles. The maximum atomic E-state index is 5.16. The van der Waals surface area contributed by atoms with Crippen molar-refractivity contribution in [1.29, 1.82) is 0 Å². The van der Waals surface area contributed by atoms with Crippen LogP contribution in [0.25, 0.3) is 0 Å². The van der Waals surface area contributed by atoms with Gasteiger partial charge in [0.05, 0.1) is 12.4 Å². The summed E-state index contributed by atoms with van der Waals surface area (Å²) in [5.41, 5.74) is 0.548. The lowest BCUT2D eigenvalue weighted by atomic mass is 10.2. The van der Waals surface area contributed by atoms with Crippen LogP contribution in [0.3, 0.4) is 0 Å². The van der Waals surface area contributed by atoms with Gasteiger partial charge in [0.25, 0.3) is 0 Å². The van der Waals surface area contributed by atoms with Crippen LogP contribution in [0.15, 0.2) is 11.4 Å². The second kappa shape index (κ2) is 3.55. The van der Waals surface area contributed by atoms with Gasteiger partial charge in [0, 0.05) is 7.05 Å². The Hall–Kier alpha value is -1.39. The van der Waals surface area contributed by atoms with Crippen molar-refractivity contribution >= 4 is 6.21 Å². The van der Waals surface area contributed by atoms with Gasteiger partial charge in [-0.1, -0.05) is 10.4 Å². The Balaban J connectivity index is 2.55. The summed E-state index contributed by atoms with van der Waals surface area (Å²) in [6, 6.07) is 0. The zero-order valence-electron chi connectivity index (χ0n) is 8.35. The molecule has 0 aliphatic rings. The predicted octanol–water partition coefficient (Wildman–Crippen LogP) is 0.964. The molecule has 1 heterocycles. The summed E-state index contributed by atoms with van der Waals surface area (Å²) in [5.74, 6) is 0. The highest BCUT2D eigenvalue weighted by molar-refractivity contribution is 5.75. The van der Waals surface area contributed by atoms with Crippen LogP contribution in [0, 0.1) is 0 Å². The van der Waals surface area contributed by atoms with Crippen molar-refractivity contribution in [3.63, 3.8) is 0 Å². The quantitative estimate of drug-likeness (QED) is 0.505. The SMILES string of the molecule is Cn1nncc1/C=N/OC(C)(C)C. The third-order valence-corrected chi connectivity index (χ3v) is 1.26. The van der Waals surface area contributed by atoms with E-state index in [1.165, 1.54) is 0 Å².